The molecule has 1 unspecified atom stereocenters. The number of anilines is 2. The number of amides is 2. The molecule has 1 atom stereocenters. The van der Waals surface area contributed by atoms with E-state index in [0.717, 1.165) is 0 Å². The molecular formula is C17H13F3N2O3S. The molecule has 2 amide bonds. The van der Waals surface area contributed by atoms with Crippen molar-refractivity contribution in [1.29, 1.82) is 0 Å². The van der Waals surface area contributed by atoms with Crippen LogP contribution in [0, 0.1) is 0 Å². The van der Waals surface area contributed by atoms with Crippen LogP contribution >= 0.6 is 11.8 Å². The van der Waals surface area contributed by atoms with Gasteiger partial charge >= 0.3 is 5.51 Å². The number of carbonyl (C=O) groups excluding carboxylic acids is 2. The van der Waals surface area contributed by atoms with Crippen molar-refractivity contribution in [1.82, 2.24) is 0 Å². The van der Waals surface area contributed by atoms with E-state index in [1.165, 1.54) is 30.3 Å². The Balaban J connectivity index is 1.81. The monoisotopic (exact) mass is 382 g/mol. The number of fused-ring (bicyclic) bond motifs is 1. The number of alkyl halides is 3. The van der Waals surface area contributed by atoms with E-state index in [2.05, 4.69) is 10.6 Å². The smallest absolute Gasteiger partial charge is 0.446 e. The molecule has 0 fully saturated rings. The Morgan fingerprint density at radius 3 is 2.69 bits per heavy atom. The van der Waals surface area contributed by atoms with Gasteiger partial charge in [-0.05, 0) is 49.0 Å². The third-order valence-electron chi connectivity index (χ3n) is 3.53. The quantitative estimate of drug-likeness (QED) is 0.778. The van der Waals surface area contributed by atoms with Crippen LogP contribution in [0.4, 0.5) is 24.5 Å². The lowest BCUT2D eigenvalue weighted by Crippen LogP contribution is -2.34. The van der Waals surface area contributed by atoms with E-state index in [9.17, 15) is 22.8 Å². The van der Waals surface area contributed by atoms with Crippen molar-refractivity contribution < 1.29 is 27.5 Å². The maximum Gasteiger partial charge on any atom is 0.446 e. The highest BCUT2D eigenvalue weighted by Crippen LogP contribution is 2.39. The van der Waals surface area contributed by atoms with Gasteiger partial charge in [0, 0.05) is 10.6 Å². The van der Waals surface area contributed by atoms with E-state index in [0.29, 0.717) is 17.1 Å². The number of rotatable bonds is 3. The number of ether oxygens (including phenoxy) is 1. The van der Waals surface area contributed by atoms with Gasteiger partial charge in [0.1, 0.15) is 5.75 Å². The van der Waals surface area contributed by atoms with Crippen LogP contribution in [0.3, 0.4) is 0 Å². The predicted molar refractivity (Wildman–Crippen MR) is 91.5 cm³/mol. The summed E-state index contributed by atoms with van der Waals surface area (Å²) in [5.74, 6) is -0.565. The van der Waals surface area contributed by atoms with Gasteiger partial charge in [0.15, 0.2) is 6.10 Å². The number of thioether (sulfide) groups is 1. The largest absolute Gasteiger partial charge is 0.479 e. The molecule has 2 N–H and O–H groups in total. The third-order valence-corrected chi connectivity index (χ3v) is 4.33. The zero-order valence-electron chi connectivity index (χ0n) is 13.4. The number of carbonyl (C=O) groups is 2. The van der Waals surface area contributed by atoms with Gasteiger partial charge in [-0.1, -0.05) is 12.1 Å². The summed E-state index contributed by atoms with van der Waals surface area (Å²) in [7, 11) is 0. The lowest BCUT2D eigenvalue weighted by Gasteiger charge is -2.23. The van der Waals surface area contributed by atoms with Crippen molar-refractivity contribution in [3.63, 3.8) is 0 Å². The van der Waals surface area contributed by atoms with Crippen molar-refractivity contribution >= 4 is 35.0 Å². The standard InChI is InChI=1S/C17H13F3N2O3S/c1-9-15(23)22-12-8-10(6-7-13(12)25-9)21-16(24)11-4-2-3-5-14(11)26-17(18,19)20/h2-9H,1H3,(H,21,24)(H,22,23). The summed E-state index contributed by atoms with van der Waals surface area (Å²) < 4.78 is 43.3. The summed E-state index contributed by atoms with van der Waals surface area (Å²) >= 11 is -0.348. The second kappa shape index (κ2) is 6.91. The van der Waals surface area contributed by atoms with Crippen LogP contribution in [-0.2, 0) is 4.79 Å². The molecule has 0 aliphatic carbocycles. The molecule has 3 rings (SSSR count). The lowest BCUT2D eigenvalue weighted by molar-refractivity contribution is -0.122. The van der Waals surface area contributed by atoms with Crippen molar-refractivity contribution in [2.24, 2.45) is 0 Å². The summed E-state index contributed by atoms with van der Waals surface area (Å²) in [5.41, 5.74) is -3.90. The van der Waals surface area contributed by atoms with Crippen LogP contribution in [0.1, 0.15) is 17.3 Å². The van der Waals surface area contributed by atoms with E-state index in [-0.39, 0.29) is 28.1 Å². The van der Waals surface area contributed by atoms with Crippen LogP contribution in [0.5, 0.6) is 5.75 Å². The molecule has 2 aromatic carbocycles. The zero-order chi connectivity index (χ0) is 18.9. The SMILES string of the molecule is CC1Oc2ccc(NC(=O)c3ccccc3SC(F)(F)F)cc2NC1=O. The van der Waals surface area contributed by atoms with Crippen molar-refractivity contribution in [2.75, 3.05) is 10.6 Å². The van der Waals surface area contributed by atoms with E-state index in [1.807, 2.05) is 0 Å². The topological polar surface area (TPSA) is 67.4 Å². The molecule has 136 valence electrons. The summed E-state index contributed by atoms with van der Waals surface area (Å²) in [5, 5.41) is 5.17. The highest BCUT2D eigenvalue weighted by atomic mass is 32.2. The minimum Gasteiger partial charge on any atom is -0.479 e. The summed E-state index contributed by atoms with van der Waals surface area (Å²) in [6.07, 6.45) is -0.630. The second-order valence-electron chi connectivity index (χ2n) is 5.46. The number of nitrogens with one attached hydrogen (secondary N) is 2. The Hall–Kier alpha value is -2.68. The first kappa shape index (κ1) is 18.1. The number of hydrogen-bond acceptors (Lipinski definition) is 4. The van der Waals surface area contributed by atoms with Crippen LogP contribution in [0.2, 0.25) is 0 Å². The van der Waals surface area contributed by atoms with E-state index in [1.54, 1.807) is 19.1 Å². The normalized spacial score (nSPS) is 16.3. The van der Waals surface area contributed by atoms with Crippen LogP contribution in [0.25, 0.3) is 0 Å². The van der Waals surface area contributed by atoms with Gasteiger partial charge in [0.2, 0.25) is 0 Å². The molecule has 5 nitrogen and oxygen atoms in total. The zero-order valence-corrected chi connectivity index (χ0v) is 14.2. The van der Waals surface area contributed by atoms with Crippen LogP contribution in [-0.4, -0.2) is 23.4 Å². The Bertz CT molecular complexity index is 871. The summed E-state index contributed by atoms with van der Waals surface area (Å²) in [6.45, 7) is 1.60. The number of halogens is 3. The van der Waals surface area contributed by atoms with Gasteiger partial charge in [0.05, 0.1) is 11.3 Å². The predicted octanol–water partition coefficient (Wildman–Crippen LogP) is 4.27. The molecule has 1 aliphatic heterocycles. The van der Waals surface area contributed by atoms with Gasteiger partial charge in [0.25, 0.3) is 11.8 Å². The molecule has 0 bridgehead atoms. The van der Waals surface area contributed by atoms with Gasteiger partial charge < -0.3 is 15.4 Å². The molecule has 2 aromatic rings. The number of benzene rings is 2. The fourth-order valence-corrected chi connectivity index (χ4v) is 3.02. The summed E-state index contributed by atoms with van der Waals surface area (Å²) in [6, 6.07) is 10.0. The van der Waals surface area contributed by atoms with Gasteiger partial charge in [-0.15, -0.1) is 0 Å². The minimum absolute atomic E-state index is 0.0959. The molecule has 0 radical (unpaired) electrons. The highest BCUT2D eigenvalue weighted by Gasteiger charge is 2.31. The molecule has 0 saturated heterocycles. The van der Waals surface area contributed by atoms with Crippen LogP contribution < -0.4 is 15.4 Å². The van der Waals surface area contributed by atoms with Gasteiger partial charge in [-0.3, -0.25) is 9.59 Å². The van der Waals surface area contributed by atoms with Gasteiger partial charge in [-0.25, -0.2) is 0 Å². The first-order valence-corrected chi connectivity index (χ1v) is 8.32. The Morgan fingerprint density at radius 2 is 1.96 bits per heavy atom. The average Bonchev–Trinajstić information content (AvgIpc) is 2.55. The Labute approximate surface area is 150 Å². The molecule has 0 spiro atoms. The Morgan fingerprint density at radius 1 is 1.23 bits per heavy atom. The van der Waals surface area contributed by atoms with Gasteiger partial charge in [-0.2, -0.15) is 13.2 Å². The number of hydrogen-bond donors (Lipinski definition) is 2. The fraction of sp³-hybridized carbons (Fsp3) is 0.176. The maximum atomic E-state index is 12.6. The van der Waals surface area contributed by atoms with Crippen molar-refractivity contribution in [2.45, 2.75) is 23.4 Å². The van der Waals surface area contributed by atoms with E-state index >= 15 is 0 Å². The molecule has 0 aromatic heterocycles. The van der Waals surface area contributed by atoms with Crippen LogP contribution in [0.15, 0.2) is 47.4 Å². The van der Waals surface area contributed by atoms with Crippen molar-refractivity contribution in [3.05, 3.63) is 48.0 Å². The first-order chi connectivity index (χ1) is 12.2. The molecule has 9 heteroatoms. The average molecular weight is 382 g/mol. The highest BCUT2D eigenvalue weighted by molar-refractivity contribution is 8.00. The first-order valence-electron chi connectivity index (χ1n) is 7.50. The molecule has 0 saturated carbocycles. The molecule has 26 heavy (non-hydrogen) atoms. The maximum absolute atomic E-state index is 12.6. The molecule has 1 heterocycles. The lowest BCUT2D eigenvalue weighted by atomic mass is 10.2. The third kappa shape index (κ3) is 4.10. The van der Waals surface area contributed by atoms with E-state index in [4.69, 9.17) is 4.74 Å². The molecule has 1 aliphatic rings. The summed E-state index contributed by atoms with van der Waals surface area (Å²) in [4.78, 5) is 23.9. The van der Waals surface area contributed by atoms with E-state index < -0.39 is 17.5 Å². The minimum atomic E-state index is -4.50. The Kier molecular flexibility index (Phi) is 4.82. The molecular weight excluding hydrogens is 369 g/mol. The second-order valence-corrected chi connectivity index (χ2v) is 6.57. The van der Waals surface area contributed by atoms with Crippen molar-refractivity contribution in [3.8, 4) is 5.75 Å². The fourth-order valence-electron chi connectivity index (χ4n) is 2.35.